The monoisotopic (exact) mass is 260 g/mol. The maximum absolute atomic E-state index is 11.3. The van der Waals surface area contributed by atoms with Crippen LogP contribution in [-0.2, 0) is 4.79 Å². The molecule has 0 bridgehead atoms. The summed E-state index contributed by atoms with van der Waals surface area (Å²) in [5.41, 5.74) is 0.385. The standard InChI is InChI=1S/C15H16O4/c1-10-7-11(16)8-13(17)15(10)14(18)9-19-12-5-3-2-4-6-12/h2-6,8,10,17-18H,7,9H2,1H3. The van der Waals surface area contributed by atoms with Gasteiger partial charge in [0.25, 0.3) is 0 Å². The Hall–Kier alpha value is -2.23. The highest BCUT2D eigenvalue weighted by Crippen LogP contribution is 2.28. The fourth-order valence-electron chi connectivity index (χ4n) is 2.12. The van der Waals surface area contributed by atoms with Gasteiger partial charge < -0.3 is 14.9 Å². The zero-order chi connectivity index (χ0) is 13.8. The molecule has 0 spiro atoms. The zero-order valence-electron chi connectivity index (χ0n) is 10.7. The van der Waals surface area contributed by atoms with Gasteiger partial charge in [-0.2, -0.15) is 0 Å². The van der Waals surface area contributed by atoms with Gasteiger partial charge in [0, 0.05) is 18.1 Å². The summed E-state index contributed by atoms with van der Waals surface area (Å²) in [6, 6.07) is 9.09. The SMILES string of the molecule is CC1CC(=O)C=C(O)C1=C(O)COc1ccccc1. The topological polar surface area (TPSA) is 66.8 Å². The van der Waals surface area contributed by atoms with Crippen molar-refractivity contribution in [3.05, 3.63) is 53.5 Å². The summed E-state index contributed by atoms with van der Waals surface area (Å²) in [6.07, 6.45) is 1.43. The molecule has 2 rings (SSSR count). The Kier molecular flexibility index (Phi) is 3.90. The van der Waals surface area contributed by atoms with Crippen LogP contribution < -0.4 is 4.74 Å². The number of aliphatic hydroxyl groups excluding tert-OH is 2. The van der Waals surface area contributed by atoms with Crippen molar-refractivity contribution in [2.75, 3.05) is 6.61 Å². The van der Waals surface area contributed by atoms with E-state index < -0.39 is 0 Å². The summed E-state index contributed by atoms with van der Waals surface area (Å²) in [5, 5.41) is 19.7. The molecule has 1 aromatic carbocycles. The van der Waals surface area contributed by atoms with Crippen LogP contribution in [0, 0.1) is 5.92 Å². The Morgan fingerprint density at radius 2 is 2.05 bits per heavy atom. The largest absolute Gasteiger partial charge is 0.508 e. The summed E-state index contributed by atoms with van der Waals surface area (Å²) in [7, 11) is 0. The van der Waals surface area contributed by atoms with Crippen molar-refractivity contribution in [1.82, 2.24) is 0 Å². The van der Waals surface area contributed by atoms with Crippen molar-refractivity contribution in [2.24, 2.45) is 5.92 Å². The number of ketones is 1. The van der Waals surface area contributed by atoms with Crippen molar-refractivity contribution in [2.45, 2.75) is 13.3 Å². The smallest absolute Gasteiger partial charge is 0.159 e. The molecular weight excluding hydrogens is 244 g/mol. The number of aliphatic hydroxyl groups is 2. The molecule has 0 heterocycles. The maximum Gasteiger partial charge on any atom is 0.159 e. The first-order chi connectivity index (χ1) is 9.08. The van der Waals surface area contributed by atoms with E-state index in [1.165, 1.54) is 0 Å². The van der Waals surface area contributed by atoms with Gasteiger partial charge in [0.2, 0.25) is 0 Å². The lowest BCUT2D eigenvalue weighted by atomic mass is 9.88. The van der Waals surface area contributed by atoms with Crippen LogP contribution in [0.4, 0.5) is 0 Å². The fraction of sp³-hybridized carbons (Fsp3) is 0.267. The molecule has 1 aliphatic carbocycles. The van der Waals surface area contributed by atoms with Gasteiger partial charge in [-0.25, -0.2) is 0 Å². The minimum absolute atomic E-state index is 0.0320. The van der Waals surface area contributed by atoms with Crippen LogP contribution in [0.2, 0.25) is 0 Å². The molecule has 1 aliphatic rings. The van der Waals surface area contributed by atoms with Gasteiger partial charge in [-0.3, -0.25) is 4.79 Å². The molecule has 0 amide bonds. The number of para-hydroxylation sites is 1. The van der Waals surface area contributed by atoms with Crippen molar-refractivity contribution in [3.63, 3.8) is 0 Å². The Labute approximate surface area is 111 Å². The quantitative estimate of drug-likeness (QED) is 0.820. The number of carbonyl (C=O) groups excluding carboxylic acids is 1. The van der Waals surface area contributed by atoms with E-state index in [1.807, 2.05) is 18.2 Å². The van der Waals surface area contributed by atoms with Crippen LogP contribution in [0.15, 0.2) is 53.5 Å². The predicted molar refractivity (Wildman–Crippen MR) is 71.1 cm³/mol. The van der Waals surface area contributed by atoms with Crippen LogP contribution in [0.1, 0.15) is 13.3 Å². The Morgan fingerprint density at radius 1 is 1.37 bits per heavy atom. The van der Waals surface area contributed by atoms with E-state index in [4.69, 9.17) is 4.74 Å². The third-order valence-electron chi connectivity index (χ3n) is 3.00. The number of benzene rings is 1. The summed E-state index contributed by atoms with van der Waals surface area (Å²) in [5.74, 6) is 0.0792. The molecule has 0 saturated carbocycles. The van der Waals surface area contributed by atoms with Gasteiger partial charge in [0.05, 0.1) is 0 Å². The van der Waals surface area contributed by atoms with E-state index in [2.05, 4.69) is 0 Å². The molecule has 4 nitrogen and oxygen atoms in total. The fourth-order valence-corrected chi connectivity index (χ4v) is 2.12. The molecule has 0 saturated heterocycles. The molecular formula is C15H16O4. The maximum atomic E-state index is 11.3. The van der Waals surface area contributed by atoms with Gasteiger partial charge in [0.15, 0.2) is 5.78 Å². The van der Waals surface area contributed by atoms with Crippen molar-refractivity contribution in [1.29, 1.82) is 0 Å². The van der Waals surface area contributed by atoms with Gasteiger partial charge in [-0.15, -0.1) is 0 Å². The van der Waals surface area contributed by atoms with Crippen molar-refractivity contribution < 1.29 is 19.7 Å². The number of hydrogen-bond donors (Lipinski definition) is 2. The lowest BCUT2D eigenvalue weighted by molar-refractivity contribution is -0.115. The van der Waals surface area contributed by atoms with E-state index >= 15 is 0 Å². The molecule has 0 aromatic heterocycles. The van der Waals surface area contributed by atoms with Gasteiger partial charge in [-0.1, -0.05) is 25.1 Å². The van der Waals surface area contributed by atoms with Gasteiger partial charge in [-0.05, 0) is 18.1 Å². The second-order valence-corrected chi connectivity index (χ2v) is 4.56. The van der Waals surface area contributed by atoms with E-state index in [-0.39, 0.29) is 36.2 Å². The summed E-state index contributed by atoms with van der Waals surface area (Å²) >= 11 is 0. The molecule has 2 N–H and O–H groups in total. The predicted octanol–water partition coefficient (Wildman–Crippen LogP) is 2.93. The first-order valence-electron chi connectivity index (χ1n) is 6.11. The second kappa shape index (κ2) is 5.61. The molecule has 0 aliphatic heterocycles. The van der Waals surface area contributed by atoms with E-state index in [9.17, 15) is 15.0 Å². The molecule has 1 aromatic rings. The van der Waals surface area contributed by atoms with Crippen LogP contribution in [0.5, 0.6) is 5.75 Å². The van der Waals surface area contributed by atoms with Crippen molar-refractivity contribution in [3.8, 4) is 5.75 Å². The summed E-state index contributed by atoms with van der Waals surface area (Å²) in [6.45, 7) is 1.75. The average molecular weight is 260 g/mol. The molecule has 100 valence electrons. The molecule has 1 unspecified atom stereocenters. The van der Waals surface area contributed by atoms with Crippen LogP contribution >= 0.6 is 0 Å². The number of ether oxygens (including phenoxy) is 1. The number of rotatable bonds is 3. The minimum atomic E-state index is -0.211. The molecule has 1 atom stereocenters. The van der Waals surface area contributed by atoms with Crippen molar-refractivity contribution >= 4 is 5.78 Å². The van der Waals surface area contributed by atoms with E-state index in [0.717, 1.165) is 6.08 Å². The van der Waals surface area contributed by atoms with E-state index in [1.54, 1.807) is 19.1 Å². The lowest BCUT2D eigenvalue weighted by Crippen LogP contribution is -2.18. The first kappa shape index (κ1) is 13.2. The van der Waals surface area contributed by atoms with Gasteiger partial charge in [0.1, 0.15) is 23.9 Å². The molecule has 0 fully saturated rings. The summed E-state index contributed by atoms with van der Waals surface area (Å²) < 4.78 is 5.41. The average Bonchev–Trinajstić information content (AvgIpc) is 2.36. The van der Waals surface area contributed by atoms with Crippen LogP contribution in [-0.4, -0.2) is 22.6 Å². The molecule has 4 heteroatoms. The highest BCUT2D eigenvalue weighted by atomic mass is 16.5. The first-order valence-corrected chi connectivity index (χ1v) is 6.11. The number of hydrogen-bond acceptors (Lipinski definition) is 4. The van der Waals surface area contributed by atoms with Crippen LogP contribution in [0.3, 0.4) is 0 Å². The molecule has 0 radical (unpaired) electrons. The normalized spacial score (nSPS) is 21.8. The number of allylic oxidation sites excluding steroid dienone is 2. The highest BCUT2D eigenvalue weighted by molar-refractivity contribution is 5.92. The molecule has 19 heavy (non-hydrogen) atoms. The third-order valence-corrected chi connectivity index (χ3v) is 3.00. The zero-order valence-corrected chi connectivity index (χ0v) is 10.7. The minimum Gasteiger partial charge on any atom is -0.508 e. The third kappa shape index (κ3) is 3.16. The number of carbonyl (C=O) groups is 1. The van der Waals surface area contributed by atoms with Crippen LogP contribution in [0.25, 0.3) is 0 Å². The Morgan fingerprint density at radius 3 is 2.68 bits per heavy atom. The second-order valence-electron chi connectivity index (χ2n) is 4.56. The van der Waals surface area contributed by atoms with Gasteiger partial charge >= 0.3 is 0 Å². The summed E-state index contributed by atoms with van der Waals surface area (Å²) in [4.78, 5) is 11.3. The Balaban J connectivity index is 2.13. The Bertz CT molecular complexity index is 528. The highest BCUT2D eigenvalue weighted by Gasteiger charge is 2.25. The van der Waals surface area contributed by atoms with E-state index in [0.29, 0.717) is 11.3 Å². The lowest BCUT2D eigenvalue weighted by Gasteiger charge is -2.20.